The van der Waals surface area contributed by atoms with E-state index in [-0.39, 0.29) is 0 Å². The van der Waals surface area contributed by atoms with Gasteiger partial charge in [0.05, 0.1) is 18.5 Å². The van der Waals surface area contributed by atoms with E-state index in [9.17, 15) is 0 Å². The third-order valence-electron chi connectivity index (χ3n) is 2.35. The molecule has 0 atom stereocenters. The fraction of sp³-hybridized carbons (Fsp3) is 0.182. The Morgan fingerprint density at radius 1 is 1.33 bits per heavy atom. The molecule has 2 aromatic rings. The van der Waals surface area contributed by atoms with E-state index in [4.69, 9.17) is 10.5 Å². The summed E-state index contributed by atoms with van der Waals surface area (Å²) >= 11 is 0. The maximum atomic E-state index is 5.74. The van der Waals surface area contributed by atoms with E-state index in [1.54, 1.807) is 13.3 Å². The lowest BCUT2D eigenvalue weighted by Crippen LogP contribution is -1.96. The zero-order chi connectivity index (χ0) is 10.8. The molecule has 0 unspecified atom stereocenters. The molecule has 78 valence electrons. The van der Waals surface area contributed by atoms with Crippen LogP contribution in [0.4, 0.5) is 5.69 Å². The predicted octanol–water partition coefficient (Wildman–Crippen LogP) is 1.68. The smallest absolute Gasteiger partial charge is 0.142 e. The van der Waals surface area contributed by atoms with Crippen molar-refractivity contribution in [2.75, 3.05) is 12.8 Å². The van der Waals surface area contributed by atoms with Crippen LogP contribution in [0.1, 0.15) is 0 Å². The Bertz CT molecular complexity index is 476. The number of methoxy groups -OCH3 is 1. The molecule has 0 bridgehead atoms. The quantitative estimate of drug-likeness (QED) is 0.755. The Morgan fingerprint density at radius 2 is 2.13 bits per heavy atom. The standard InChI is InChI=1S/C11H13N3O/c1-14-10(5-6-13-14)8-3-4-9(12)11(7-8)15-2/h3-7H,12H2,1-2H3. The molecule has 0 saturated carbocycles. The van der Waals surface area contributed by atoms with E-state index in [1.807, 2.05) is 36.0 Å². The van der Waals surface area contributed by atoms with Gasteiger partial charge in [-0.15, -0.1) is 0 Å². The van der Waals surface area contributed by atoms with Crippen LogP contribution >= 0.6 is 0 Å². The van der Waals surface area contributed by atoms with Gasteiger partial charge in [0.1, 0.15) is 5.75 Å². The summed E-state index contributed by atoms with van der Waals surface area (Å²) in [7, 11) is 3.51. The first kappa shape index (κ1) is 9.58. The van der Waals surface area contributed by atoms with Crippen molar-refractivity contribution in [3.05, 3.63) is 30.5 Å². The number of anilines is 1. The number of nitrogens with two attached hydrogens (primary N) is 1. The largest absolute Gasteiger partial charge is 0.495 e. The number of rotatable bonds is 2. The third kappa shape index (κ3) is 1.66. The minimum absolute atomic E-state index is 0.642. The summed E-state index contributed by atoms with van der Waals surface area (Å²) in [5, 5.41) is 4.12. The van der Waals surface area contributed by atoms with Crippen molar-refractivity contribution in [3.8, 4) is 17.0 Å². The van der Waals surface area contributed by atoms with Gasteiger partial charge in [-0.2, -0.15) is 5.10 Å². The highest BCUT2D eigenvalue weighted by atomic mass is 16.5. The average molecular weight is 203 g/mol. The Balaban J connectivity index is 2.51. The number of nitrogens with zero attached hydrogens (tertiary/aromatic N) is 2. The first-order valence-electron chi connectivity index (χ1n) is 4.64. The highest BCUT2D eigenvalue weighted by Crippen LogP contribution is 2.28. The number of nitrogen functional groups attached to an aromatic ring is 1. The molecule has 0 amide bonds. The van der Waals surface area contributed by atoms with Crippen LogP contribution in [0.3, 0.4) is 0 Å². The molecule has 0 saturated heterocycles. The van der Waals surface area contributed by atoms with Gasteiger partial charge in [0.15, 0.2) is 0 Å². The fourth-order valence-electron chi connectivity index (χ4n) is 1.53. The molecule has 2 rings (SSSR count). The van der Waals surface area contributed by atoms with Gasteiger partial charge in [-0.1, -0.05) is 6.07 Å². The van der Waals surface area contributed by atoms with E-state index in [1.165, 1.54) is 0 Å². The van der Waals surface area contributed by atoms with Crippen molar-refractivity contribution in [3.63, 3.8) is 0 Å². The number of benzene rings is 1. The van der Waals surface area contributed by atoms with Crippen molar-refractivity contribution < 1.29 is 4.74 Å². The number of hydrogen-bond donors (Lipinski definition) is 1. The van der Waals surface area contributed by atoms with Gasteiger partial charge >= 0.3 is 0 Å². The van der Waals surface area contributed by atoms with Gasteiger partial charge in [0, 0.05) is 18.8 Å². The number of ether oxygens (including phenoxy) is 1. The number of aryl methyl sites for hydroxylation is 1. The van der Waals surface area contributed by atoms with Crippen LogP contribution in [0.2, 0.25) is 0 Å². The molecule has 0 aliphatic rings. The minimum atomic E-state index is 0.642. The van der Waals surface area contributed by atoms with Crippen LogP contribution in [0, 0.1) is 0 Å². The van der Waals surface area contributed by atoms with Gasteiger partial charge in [-0.05, 0) is 18.2 Å². The van der Waals surface area contributed by atoms with Gasteiger partial charge < -0.3 is 10.5 Å². The van der Waals surface area contributed by atoms with E-state index in [0.29, 0.717) is 11.4 Å². The van der Waals surface area contributed by atoms with Gasteiger partial charge in [0.25, 0.3) is 0 Å². The van der Waals surface area contributed by atoms with Crippen LogP contribution < -0.4 is 10.5 Å². The molecule has 4 nitrogen and oxygen atoms in total. The zero-order valence-electron chi connectivity index (χ0n) is 8.77. The lowest BCUT2D eigenvalue weighted by molar-refractivity contribution is 0.417. The maximum absolute atomic E-state index is 5.74. The van der Waals surface area contributed by atoms with Gasteiger partial charge in [-0.3, -0.25) is 4.68 Å². The molecular formula is C11H13N3O. The number of aromatic nitrogens is 2. The van der Waals surface area contributed by atoms with Crippen molar-refractivity contribution in [2.24, 2.45) is 7.05 Å². The fourth-order valence-corrected chi connectivity index (χ4v) is 1.53. The normalized spacial score (nSPS) is 10.3. The minimum Gasteiger partial charge on any atom is -0.495 e. The van der Waals surface area contributed by atoms with Crippen molar-refractivity contribution in [2.45, 2.75) is 0 Å². The van der Waals surface area contributed by atoms with Crippen LogP contribution in [0.15, 0.2) is 30.5 Å². The average Bonchev–Trinajstić information content (AvgIpc) is 2.65. The van der Waals surface area contributed by atoms with Crippen LogP contribution in [-0.4, -0.2) is 16.9 Å². The van der Waals surface area contributed by atoms with E-state index in [0.717, 1.165) is 11.3 Å². The lowest BCUT2D eigenvalue weighted by Gasteiger charge is -2.07. The molecule has 1 aromatic carbocycles. The molecule has 1 heterocycles. The highest BCUT2D eigenvalue weighted by molar-refractivity contribution is 5.67. The zero-order valence-corrected chi connectivity index (χ0v) is 8.77. The summed E-state index contributed by atoms with van der Waals surface area (Å²) in [5.41, 5.74) is 8.46. The first-order valence-corrected chi connectivity index (χ1v) is 4.64. The Morgan fingerprint density at radius 3 is 2.73 bits per heavy atom. The molecule has 4 heteroatoms. The Labute approximate surface area is 88.3 Å². The summed E-state index contributed by atoms with van der Waals surface area (Å²) in [4.78, 5) is 0. The second-order valence-electron chi connectivity index (χ2n) is 3.30. The van der Waals surface area contributed by atoms with Crippen molar-refractivity contribution >= 4 is 5.69 Å². The molecule has 0 spiro atoms. The number of hydrogen-bond acceptors (Lipinski definition) is 3. The topological polar surface area (TPSA) is 53.1 Å². The summed E-state index contributed by atoms with van der Waals surface area (Å²) < 4.78 is 6.98. The summed E-state index contributed by atoms with van der Waals surface area (Å²) in [6.45, 7) is 0. The molecule has 0 radical (unpaired) electrons. The molecule has 1 aromatic heterocycles. The molecule has 0 aliphatic heterocycles. The highest BCUT2D eigenvalue weighted by Gasteiger charge is 2.05. The Kier molecular flexibility index (Phi) is 2.33. The molecule has 0 aliphatic carbocycles. The van der Waals surface area contributed by atoms with E-state index >= 15 is 0 Å². The van der Waals surface area contributed by atoms with Crippen LogP contribution in [0.25, 0.3) is 11.3 Å². The monoisotopic (exact) mass is 203 g/mol. The second-order valence-corrected chi connectivity index (χ2v) is 3.30. The van der Waals surface area contributed by atoms with E-state index in [2.05, 4.69) is 5.10 Å². The van der Waals surface area contributed by atoms with Gasteiger partial charge in [0.2, 0.25) is 0 Å². The molecule has 2 N–H and O–H groups in total. The summed E-state index contributed by atoms with van der Waals surface area (Å²) in [5.74, 6) is 0.689. The molecule has 15 heavy (non-hydrogen) atoms. The summed E-state index contributed by atoms with van der Waals surface area (Å²) in [6, 6.07) is 7.65. The molecular weight excluding hydrogens is 190 g/mol. The maximum Gasteiger partial charge on any atom is 0.142 e. The Hall–Kier alpha value is -1.97. The predicted molar refractivity (Wildman–Crippen MR) is 59.6 cm³/mol. The van der Waals surface area contributed by atoms with Crippen LogP contribution in [0.5, 0.6) is 5.75 Å². The van der Waals surface area contributed by atoms with Crippen LogP contribution in [-0.2, 0) is 7.05 Å². The van der Waals surface area contributed by atoms with Gasteiger partial charge in [-0.25, -0.2) is 0 Å². The third-order valence-corrected chi connectivity index (χ3v) is 2.35. The van der Waals surface area contributed by atoms with Crippen molar-refractivity contribution in [1.29, 1.82) is 0 Å². The van der Waals surface area contributed by atoms with Crippen molar-refractivity contribution in [1.82, 2.24) is 9.78 Å². The van der Waals surface area contributed by atoms with E-state index < -0.39 is 0 Å². The molecule has 0 fully saturated rings. The second kappa shape index (κ2) is 3.65. The lowest BCUT2D eigenvalue weighted by atomic mass is 10.1. The first-order chi connectivity index (χ1) is 7.22. The summed E-state index contributed by atoms with van der Waals surface area (Å²) in [6.07, 6.45) is 1.76. The SMILES string of the molecule is COc1cc(-c2ccnn2C)ccc1N.